The van der Waals surface area contributed by atoms with Crippen LogP contribution in [0.1, 0.15) is 25.1 Å². The van der Waals surface area contributed by atoms with E-state index in [1.54, 1.807) is 0 Å². The van der Waals surface area contributed by atoms with Gasteiger partial charge in [0.15, 0.2) is 0 Å². The minimum Gasteiger partial charge on any atom is -0.460 e. The van der Waals surface area contributed by atoms with E-state index in [1.807, 2.05) is 0 Å². The first-order valence-corrected chi connectivity index (χ1v) is 8.33. The lowest BCUT2D eigenvalue weighted by Gasteiger charge is -2.15. The molecule has 0 radical (unpaired) electrons. The van der Waals surface area contributed by atoms with Crippen molar-refractivity contribution in [3.8, 4) is 0 Å². The van der Waals surface area contributed by atoms with Crippen molar-refractivity contribution < 1.29 is 19.4 Å². The number of halogens is 2. The highest BCUT2D eigenvalue weighted by Crippen LogP contribution is 2.30. The highest BCUT2D eigenvalue weighted by atomic mass is 79.9. The molecule has 0 amide bonds. The van der Waals surface area contributed by atoms with Crippen molar-refractivity contribution in [2.45, 2.75) is 31.8 Å². The molecule has 1 aromatic rings. The predicted molar refractivity (Wildman–Crippen MR) is 88.3 cm³/mol. The molecule has 1 aliphatic heterocycles. The summed E-state index contributed by atoms with van der Waals surface area (Å²) in [4.78, 5) is 38.6. The smallest absolute Gasteiger partial charge is 0.330 e. The van der Waals surface area contributed by atoms with Gasteiger partial charge in [-0.25, -0.2) is 4.79 Å². The number of aromatic nitrogens is 2. The third kappa shape index (κ3) is 4.00. The zero-order valence-corrected chi connectivity index (χ0v) is 15.2. The molecule has 0 aromatic carbocycles. The fourth-order valence-electron chi connectivity index (χ4n) is 2.30. The lowest BCUT2D eigenvalue weighted by atomic mass is 10.2. The predicted octanol–water partition coefficient (Wildman–Crippen LogP) is 0.836. The van der Waals surface area contributed by atoms with Gasteiger partial charge in [0.25, 0.3) is 5.56 Å². The van der Waals surface area contributed by atoms with Crippen LogP contribution in [0.25, 0.3) is 4.48 Å². The molecule has 0 aliphatic carbocycles. The number of aliphatic hydroxyl groups excluding tert-OH is 1. The zero-order valence-electron chi connectivity index (χ0n) is 12.0. The molecule has 2 rings (SSSR count). The molecule has 0 bridgehead atoms. The Balaban J connectivity index is 2.37. The number of ether oxygens (including phenoxy) is 2. The van der Waals surface area contributed by atoms with Crippen LogP contribution in [0, 0.1) is 0 Å². The molecule has 1 aromatic heterocycles. The standard InChI is InChI=1S/C13H14Br2N2O6/c1-6(19)22-9-2-11(23-10(9)5-18)17-4-7(8(15)3-14)12(20)16-13(17)21/h3-4,9-11,18H,2,5H2,1H3,(H,16,20,21)/b8-3+/t9-,10+,11+/m0/s1. The van der Waals surface area contributed by atoms with Gasteiger partial charge in [0.05, 0.1) is 12.2 Å². The summed E-state index contributed by atoms with van der Waals surface area (Å²) in [6, 6.07) is 0. The van der Waals surface area contributed by atoms with Gasteiger partial charge in [-0.2, -0.15) is 0 Å². The first-order valence-electron chi connectivity index (χ1n) is 6.62. The molecular weight excluding hydrogens is 440 g/mol. The Hall–Kier alpha value is -1.23. The van der Waals surface area contributed by atoms with E-state index in [1.165, 1.54) is 22.7 Å². The number of hydrogen-bond donors (Lipinski definition) is 2. The SMILES string of the molecule is CC(=O)O[C@H]1C[C@H](n2cc(/C(Br)=C\Br)c(=O)[nH]c2=O)O[C@@H]1CO. The third-order valence-electron chi connectivity index (χ3n) is 3.31. The second-order valence-electron chi connectivity index (χ2n) is 4.86. The van der Waals surface area contributed by atoms with Crippen molar-refractivity contribution in [2.75, 3.05) is 6.61 Å². The van der Waals surface area contributed by atoms with E-state index in [0.717, 1.165) is 0 Å². The fraction of sp³-hybridized carbons (Fsp3) is 0.462. The van der Waals surface area contributed by atoms with Crippen LogP contribution in [-0.4, -0.2) is 39.4 Å². The second-order valence-corrected chi connectivity index (χ2v) is 6.17. The van der Waals surface area contributed by atoms with Crippen molar-refractivity contribution >= 4 is 42.3 Å². The molecule has 1 fully saturated rings. The molecule has 8 nitrogen and oxygen atoms in total. The minimum absolute atomic E-state index is 0.186. The molecule has 126 valence electrons. The van der Waals surface area contributed by atoms with Crippen LogP contribution in [0.5, 0.6) is 0 Å². The Morgan fingerprint density at radius 3 is 2.87 bits per heavy atom. The van der Waals surface area contributed by atoms with Gasteiger partial charge >= 0.3 is 11.7 Å². The molecule has 1 aliphatic rings. The summed E-state index contributed by atoms with van der Waals surface area (Å²) in [6.45, 7) is 0.897. The minimum atomic E-state index is -0.768. The fourth-order valence-corrected chi connectivity index (χ4v) is 2.83. The second kappa shape index (κ2) is 7.56. The average Bonchev–Trinajstić information content (AvgIpc) is 2.88. The molecule has 2 N–H and O–H groups in total. The van der Waals surface area contributed by atoms with Gasteiger partial charge < -0.3 is 14.6 Å². The number of nitrogens with zero attached hydrogens (tertiary/aromatic N) is 1. The van der Waals surface area contributed by atoms with Gasteiger partial charge in [-0.15, -0.1) is 0 Å². The molecule has 23 heavy (non-hydrogen) atoms. The summed E-state index contributed by atoms with van der Waals surface area (Å²) in [5, 5.41) is 9.32. The molecule has 3 atom stereocenters. The van der Waals surface area contributed by atoms with Crippen molar-refractivity contribution in [3.05, 3.63) is 37.6 Å². The highest BCUT2D eigenvalue weighted by molar-refractivity contribution is 9.16. The average molecular weight is 454 g/mol. The molecule has 1 saturated heterocycles. The van der Waals surface area contributed by atoms with Crippen molar-refractivity contribution in [1.82, 2.24) is 9.55 Å². The van der Waals surface area contributed by atoms with Gasteiger partial charge in [-0.3, -0.25) is 19.1 Å². The van der Waals surface area contributed by atoms with Crippen LogP contribution in [-0.2, 0) is 14.3 Å². The molecule has 2 heterocycles. The van der Waals surface area contributed by atoms with Crippen LogP contribution in [0.2, 0.25) is 0 Å². The molecule has 0 spiro atoms. The van der Waals surface area contributed by atoms with E-state index in [4.69, 9.17) is 9.47 Å². The van der Waals surface area contributed by atoms with E-state index in [-0.39, 0.29) is 18.6 Å². The number of H-pyrrole nitrogens is 1. The number of rotatable bonds is 4. The van der Waals surface area contributed by atoms with Crippen LogP contribution < -0.4 is 11.2 Å². The summed E-state index contributed by atoms with van der Waals surface area (Å²) in [5.41, 5.74) is -0.984. The summed E-state index contributed by atoms with van der Waals surface area (Å²) in [7, 11) is 0. The van der Waals surface area contributed by atoms with Crippen LogP contribution in [0.3, 0.4) is 0 Å². The molecular formula is C13H14Br2N2O6. The maximum absolute atomic E-state index is 12.0. The summed E-state index contributed by atoms with van der Waals surface area (Å²) in [5.74, 6) is -0.503. The zero-order chi connectivity index (χ0) is 17.1. The van der Waals surface area contributed by atoms with E-state index >= 15 is 0 Å². The van der Waals surface area contributed by atoms with Crippen molar-refractivity contribution in [1.29, 1.82) is 0 Å². The summed E-state index contributed by atoms with van der Waals surface area (Å²) < 4.78 is 12.3. The lowest BCUT2D eigenvalue weighted by Crippen LogP contribution is -2.33. The maximum Gasteiger partial charge on any atom is 0.330 e. The van der Waals surface area contributed by atoms with Gasteiger partial charge in [0.1, 0.15) is 18.4 Å². The number of carbonyl (C=O) groups is 1. The normalized spacial score (nSPS) is 24.7. The topological polar surface area (TPSA) is 111 Å². The Bertz CT molecular complexity index is 741. The number of nitrogens with one attached hydrogen (secondary N) is 1. The van der Waals surface area contributed by atoms with E-state index in [9.17, 15) is 19.5 Å². The van der Waals surface area contributed by atoms with E-state index in [0.29, 0.717) is 4.48 Å². The van der Waals surface area contributed by atoms with Gasteiger partial charge in [-0.1, -0.05) is 15.9 Å². The molecule has 0 saturated carbocycles. The number of aliphatic hydroxyl groups is 1. The number of carbonyl (C=O) groups excluding carboxylic acids is 1. The first kappa shape index (κ1) is 18.1. The lowest BCUT2D eigenvalue weighted by molar-refractivity contribution is -0.150. The van der Waals surface area contributed by atoms with E-state index in [2.05, 4.69) is 36.8 Å². The van der Waals surface area contributed by atoms with E-state index < -0.39 is 35.7 Å². The van der Waals surface area contributed by atoms with Gasteiger partial charge in [-0.05, 0) is 20.9 Å². The van der Waals surface area contributed by atoms with Gasteiger partial charge in [0, 0.05) is 24.0 Å². The number of esters is 1. The van der Waals surface area contributed by atoms with Crippen molar-refractivity contribution in [2.24, 2.45) is 0 Å². The summed E-state index contributed by atoms with van der Waals surface area (Å²) >= 11 is 6.30. The maximum atomic E-state index is 12.0. The summed E-state index contributed by atoms with van der Waals surface area (Å²) in [6.07, 6.45) is -0.638. The Morgan fingerprint density at radius 1 is 1.61 bits per heavy atom. The number of aromatic amines is 1. The largest absolute Gasteiger partial charge is 0.460 e. The molecule has 10 heteroatoms. The third-order valence-corrected chi connectivity index (χ3v) is 5.04. The Morgan fingerprint density at radius 2 is 2.30 bits per heavy atom. The Kier molecular flexibility index (Phi) is 5.95. The monoisotopic (exact) mass is 452 g/mol. The highest BCUT2D eigenvalue weighted by Gasteiger charge is 2.38. The van der Waals surface area contributed by atoms with Crippen LogP contribution >= 0.6 is 31.9 Å². The Labute approximate surface area is 147 Å². The van der Waals surface area contributed by atoms with Crippen molar-refractivity contribution in [3.63, 3.8) is 0 Å². The molecule has 0 unspecified atom stereocenters. The quantitative estimate of drug-likeness (QED) is 0.653. The van der Waals surface area contributed by atoms with Gasteiger partial charge in [0.2, 0.25) is 0 Å². The van der Waals surface area contributed by atoms with Crippen LogP contribution in [0.4, 0.5) is 0 Å². The number of hydrogen-bond acceptors (Lipinski definition) is 6. The van der Waals surface area contributed by atoms with Crippen LogP contribution in [0.15, 0.2) is 20.8 Å². The first-order chi connectivity index (χ1) is 10.9.